The standard InChI is InChI=1S/C18H20ClNO2/c1-18(2,3)13-6-4-12(5-7-13)14(10-11-21)16-9-8-15(19)17(22)20-16/h4-10,21H,11H2,1-3H3,(H,20,22). The summed E-state index contributed by atoms with van der Waals surface area (Å²) in [4.78, 5) is 14.4. The Bertz CT molecular complexity index is 737. The van der Waals surface area contributed by atoms with Gasteiger partial charge < -0.3 is 10.1 Å². The highest BCUT2D eigenvalue weighted by atomic mass is 35.5. The number of aliphatic hydroxyl groups excluding tert-OH is 1. The summed E-state index contributed by atoms with van der Waals surface area (Å²) in [5.41, 5.74) is 3.30. The van der Waals surface area contributed by atoms with Crippen molar-refractivity contribution in [3.63, 3.8) is 0 Å². The molecule has 0 bridgehead atoms. The SMILES string of the molecule is CC(C)(C)c1ccc(C(=CCO)c2ccc(Cl)c(=O)[nH]2)cc1. The summed E-state index contributed by atoms with van der Waals surface area (Å²) in [7, 11) is 0. The Kier molecular flexibility index (Phi) is 4.89. The van der Waals surface area contributed by atoms with E-state index in [1.165, 1.54) is 5.56 Å². The van der Waals surface area contributed by atoms with Gasteiger partial charge in [0.2, 0.25) is 0 Å². The maximum Gasteiger partial charge on any atom is 0.267 e. The van der Waals surface area contributed by atoms with Gasteiger partial charge in [-0.1, -0.05) is 56.6 Å². The molecule has 1 heterocycles. The van der Waals surface area contributed by atoms with Gasteiger partial charge in [0.25, 0.3) is 5.56 Å². The van der Waals surface area contributed by atoms with Crippen LogP contribution in [0.3, 0.4) is 0 Å². The van der Waals surface area contributed by atoms with E-state index in [4.69, 9.17) is 11.6 Å². The van der Waals surface area contributed by atoms with Crippen molar-refractivity contribution in [2.45, 2.75) is 26.2 Å². The van der Waals surface area contributed by atoms with E-state index in [0.29, 0.717) is 5.69 Å². The van der Waals surface area contributed by atoms with Crippen LogP contribution in [0.1, 0.15) is 37.6 Å². The molecule has 0 spiro atoms. The number of hydrogen-bond acceptors (Lipinski definition) is 2. The second-order valence-electron chi connectivity index (χ2n) is 6.18. The quantitative estimate of drug-likeness (QED) is 0.906. The van der Waals surface area contributed by atoms with E-state index in [1.807, 2.05) is 12.1 Å². The van der Waals surface area contributed by atoms with Gasteiger partial charge in [0.05, 0.1) is 6.61 Å². The summed E-state index contributed by atoms with van der Waals surface area (Å²) >= 11 is 5.77. The molecule has 2 rings (SSSR count). The molecule has 2 aromatic rings. The maximum absolute atomic E-state index is 11.7. The highest BCUT2D eigenvalue weighted by Gasteiger charge is 2.14. The molecule has 0 aliphatic carbocycles. The first kappa shape index (κ1) is 16.5. The number of aromatic amines is 1. The zero-order valence-corrected chi connectivity index (χ0v) is 13.7. The molecule has 0 radical (unpaired) electrons. The highest BCUT2D eigenvalue weighted by molar-refractivity contribution is 6.30. The molecule has 0 saturated carbocycles. The molecule has 0 amide bonds. The summed E-state index contributed by atoms with van der Waals surface area (Å²) in [5.74, 6) is 0. The van der Waals surface area contributed by atoms with Gasteiger partial charge in [-0.3, -0.25) is 4.79 Å². The molecule has 3 nitrogen and oxygen atoms in total. The minimum absolute atomic E-state index is 0.0774. The molecule has 0 atom stereocenters. The molecule has 0 fully saturated rings. The van der Waals surface area contributed by atoms with Crippen molar-refractivity contribution in [1.82, 2.24) is 4.98 Å². The first-order chi connectivity index (χ1) is 10.3. The number of aliphatic hydroxyl groups is 1. The van der Waals surface area contributed by atoms with Gasteiger partial charge in [-0.15, -0.1) is 0 Å². The minimum atomic E-state index is -0.339. The third kappa shape index (κ3) is 3.67. The van der Waals surface area contributed by atoms with Crippen LogP contribution in [0.2, 0.25) is 5.02 Å². The van der Waals surface area contributed by atoms with Gasteiger partial charge in [-0.25, -0.2) is 0 Å². The number of rotatable bonds is 3. The van der Waals surface area contributed by atoms with E-state index in [9.17, 15) is 9.90 Å². The van der Waals surface area contributed by atoms with E-state index in [-0.39, 0.29) is 22.6 Å². The fraction of sp³-hybridized carbons (Fsp3) is 0.278. The molecule has 1 aromatic heterocycles. The fourth-order valence-electron chi connectivity index (χ4n) is 2.24. The summed E-state index contributed by atoms with van der Waals surface area (Å²) in [6.07, 6.45) is 1.67. The monoisotopic (exact) mass is 317 g/mol. The van der Waals surface area contributed by atoms with Crippen molar-refractivity contribution >= 4 is 17.2 Å². The smallest absolute Gasteiger partial charge is 0.267 e. The van der Waals surface area contributed by atoms with E-state index in [0.717, 1.165) is 11.1 Å². The second kappa shape index (κ2) is 6.51. The molecule has 2 N–H and O–H groups in total. The molecule has 4 heteroatoms. The Morgan fingerprint density at radius 2 is 1.82 bits per heavy atom. The van der Waals surface area contributed by atoms with Gasteiger partial charge in [-0.2, -0.15) is 0 Å². The van der Waals surface area contributed by atoms with Gasteiger partial charge in [0.15, 0.2) is 0 Å². The molecule has 22 heavy (non-hydrogen) atoms. The molecular weight excluding hydrogens is 298 g/mol. The van der Waals surface area contributed by atoms with Crippen molar-refractivity contribution in [1.29, 1.82) is 0 Å². The molecule has 0 unspecified atom stereocenters. The number of hydrogen-bond donors (Lipinski definition) is 2. The lowest BCUT2D eigenvalue weighted by Gasteiger charge is -2.19. The summed E-state index contributed by atoms with van der Waals surface area (Å²) in [6, 6.07) is 11.4. The highest BCUT2D eigenvalue weighted by Crippen LogP contribution is 2.26. The van der Waals surface area contributed by atoms with Crippen molar-refractivity contribution in [3.8, 4) is 0 Å². The normalized spacial score (nSPS) is 12.5. The van der Waals surface area contributed by atoms with Crippen molar-refractivity contribution in [3.05, 3.63) is 74.7 Å². The van der Waals surface area contributed by atoms with Crippen LogP contribution in [0, 0.1) is 0 Å². The average molecular weight is 318 g/mol. The van der Waals surface area contributed by atoms with Crippen LogP contribution >= 0.6 is 11.6 Å². The number of halogens is 1. The maximum atomic E-state index is 11.7. The second-order valence-corrected chi connectivity index (χ2v) is 6.58. The summed E-state index contributed by atoms with van der Waals surface area (Å²) in [5, 5.41) is 9.42. The largest absolute Gasteiger partial charge is 0.392 e. The zero-order valence-electron chi connectivity index (χ0n) is 13.0. The van der Waals surface area contributed by atoms with Gasteiger partial charge >= 0.3 is 0 Å². The molecule has 116 valence electrons. The molecule has 0 aliphatic heterocycles. The van der Waals surface area contributed by atoms with Crippen molar-refractivity contribution in [2.75, 3.05) is 6.61 Å². The van der Waals surface area contributed by atoms with Crippen LogP contribution in [0.15, 0.2) is 47.3 Å². The predicted molar refractivity (Wildman–Crippen MR) is 91.4 cm³/mol. The summed E-state index contributed by atoms with van der Waals surface area (Å²) in [6.45, 7) is 6.36. The Balaban J connectivity index is 2.47. The molecule has 0 aliphatic rings. The predicted octanol–water partition coefficient (Wildman–Crippen LogP) is 3.75. The van der Waals surface area contributed by atoms with E-state index < -0.39 is 0 Å². The third-order valence-corrected chi connectivity index (χ3v) is 3.81. The van der Waals surface area contributed by atoms with Gasteiger partial charge in [0, 0.05) is 11.3 Å². The minimum Gasteiger partial charge on any atom is -0.392 e. The number of nitrogens with one attached hydrogen (secondary N) is 1. The number of pyridine rings is 1. The van der Waals surface area contributed by atoms with Crippen LogP contribution in [0.5, 0.6) is 0 Å². The number of aromatic nitrogens is 1. The first-order valence-electron chi connectivity index (χ1n) is 7.14. The summed E-state index contributed by atoms with van der Waals surface area (Å²) < 4.78 is 0. The van der Waals surface area contributed by atoms with Gasteiger partial charge in [-0.05, 0) is 34.8 Å². The van der Waals surface area contributed by atoms with E-state index >= 15 is 0 Å². The molecule has 1 aromatic carbocycles. The topological polar surface area (TPSA) is 53.1 Å². The first-order valence-corrected chi connectivity index (χ1v) is 7.52. The van der Waals surface area contributed by atoms with E-state index in [2.05, 4.69) is 37.9 Å². The Morgan fingerprint density at radius 3 is 2.32 bits per heavy atom. The van der Waals surface area contributed by atoms with Crippen LogP contribution < -0.4 is 5.56 Å². The average Bonchev–Trinajstić information content (AvgIpc) is 2.47. The Hall–Kier alpha value is -1.84. The molecular formula is C18H20ClNO2. The fourth-order valence-corrected chi connectivity index (χ4v) is 2.35. The van der Waals surface area contributed by atoms with Crippen LogP contribution in [0.4, 0.5) is 0 Å². The lowest BCUT2D eigenvalue weighted by molar-refractivity contribution is 0.343. The van der Waals surface area contributed by atoms with Gasteiger partial charge in [0.1, 0.15) is 5.02 Å². The molecule has 0 saturated heterocycles. The van der Waals surface area contributed by atoms with Crippen LogP contribution in [0.25, 0.3) is 5.57 Å². The van der Waals surface area contributed by atoms with Crippen LogP contribution in [-0.4, -0.2) is 16.7 Å². The van der Waals surface area contributed by atoms with Crippen molar-refractivity contribution < 1.29 is 5.11 Å². The lowest BCUT2D eigenvalue weighted by Crippen LogP contribution is -2.11. The van der Waals surface area contributed by atoms with E-state index in [1.54, 1.807) is 18.2 Å². The van der Waals surface area contributed by atoms with Crippen molar-refractivity contribution in [2.24, 2.45) is 0 Å². The number of benzene rings is 1. The lowest BCUT2D eigenvalue weighted by atomic mass is 9.86. The number of H-pyrrole nitrogens is 1. The van der Waals surface area contributed by atoms with Crippen LogP contribution in [-0.2, 0) is 5.41 Å². The zero-order chi connectivity index (χ0) is 16.3. The Morgan fingerprint density at radius 1 is 1.18 bits per heavy atom. The Labute approximate surface area is 135 Å². The third-order valence-electron chi connectivity index (χ3n) is 3.51.